The van der Waals surface area contributed by atoms with Gasteiger partial charge in [-0.25, -0.2) is 0 Å². The number of hydrogen-bond acceptors (Lipinski definition) is 3. The first kappa shape index (κ1) is 14.4. The summed E-state index contributed by atoms with van der Waals surface area (Å²) in [5.41, 5.74) is 5.22. The van der Waals surface area contributed by atoms with Crippen molar-refractivity contribution in [2.45, 2.75) is 57.9 Å². The summed E-state index contributed by atoms with van der Waals surface area (Å²) in [6.45, 7) is 4.12. The SMILES string of the molecule is CC1CCC(C(N)=S)(N2C(=O)CC(C)CC2=O)CC1. The molecule has 0 aromatic rings. The first-order chi connectivity index (χ1) is 8.86. The normalized spacial score (nSPS) is 33.6. The van der Waals surface area contributed by atoms with Crippen molar-refractivity contribution in [3.05, 3.63) is 0 Å². The number of rotatable bonds is 2. The minimum Gasteiger partial charge on any atom is -0.391 e. The van der Waals surface area contributed by atoms with Crippen LogP contribution in [0.15, 0.2) is 0 Å². The summed E-state index contributed by atoms with van der Waals surface area (Å²) in [6, 6.07) is 0. The summed E-state index contributed by atoms with van der Waals surface area (Å²) in [6.07, 6.45) is 4.20. The summed E-state index contributed by atoms with van der Waals surface area (Å²) in [4.78, 5) is 26.3. The smallest absolute Gasteiger partial charge is 0.230 e. The Morgan fingerprint density at radius 2 is 1.63 bits per heavy atom. The lowest BCUT2D eigenvalue weighted by Gasteiger charge is -2.47. The maximum atomic E-state index is 12.3. The fourth-order valence-corrected chi connectivity index (χ4v) is 3.58. The largest absolute Gasteiger partial charge is 0.391 e. The summed E-state index contributed by atoms with van der Waals surface area (Å²) >= 11 is 5.21. The molecule has 0 aromatic heterocycles. The number of amides is 2. The van der Waals surface area contributed by atoms with Gasteiger partial charge in [-0.2, -0.15) is 0 Å². The molecule has 19 heavy (non-hydrogen) atoms. The molecule has 1 aliphatic heterocycles. The molecule has 2 N–H and O–H groups in total. The Labute approximate surface area is 119 Å². The predicted molar refractivity (Wildman–Crippen MR) is 77.4 cm³/mol. The molecular weight excluding hydrogens is 260 g/mol. The van der Waals surface area contributed by atoms with Crippen molar-refractivity contribution in [1.82, 2.24) is 4.90 Å². The van der Waals surface area contributed by atoms with E-state index >= 15 is 0 Å². The van der Waals surface area contributed by atoms with Gasteiger partial charge in [-0.3, -0.25) is 14.5 Å². The lowest BCUT2D eigenvalue weighted by atomic mass is 9.74. The van der Waals surface area contributed by atoms with Crippen LogP contribution in [0.25, 0.3) is 0 Å². The third kappa shape index (κ3) is 2.53. The van der Waals surface area contributed by atoms with E-state index in [0.29, 0.717) is 23.7 Å². The van der Waals surface area contributed by atoms with E-state index in [2.05, 4.69) is 6.92 Å². The van der Waals surface area contributed by atoms with Crippen LogP contribution in [0.5, 0.6) is 0 Å². The molecule has 2 rings (SSSR count). The minimum absolute atomic E-state index is 0.105. The van der Waals surface area contributed by atoms with Gasteiger partial charge >= 0.3 is 0 Å². The number of imide groups is 1. The van der Waals surface area contributed by atoms with Gasteiger partial charge in [0.25, 0.3) is 0 Å². The minimum atomic E-state index is -0.698. The summed E-state index contributed by atoms with van der Waals surface area (Å²) in [7, 11) is 0. The first-order valence-corrected chi connectivity index (χ1v) is 7.43. The summed E-state index contributed by atoms with van der Waals surface area (Å²) < 4.78 is 0. The topological polar surface area (TPSA) is 63.4 Å². The first-order valence-electron chi connectivity index (χ1n) is 7.02. The van der Waals surface area contributed by atoms with Gasteiger partial charge in [0.05, 0.1) is 4.99 Å². The number of nitrogens with zero attached hydrogens (tertiary/aromatic N) is 1. The molecule has 2 aliphatic rings. The van der Waals surface area contributed by atoms with Crippen molar-refractivity contribution in [3.63, 3.8) is 0 Å². The second kappa shape index (κ2) is 5.19. The maximum absolute atomic E-state index is 12.3. The third-order valence-electron chi connectivity index (χ3n) is 4.53. The van der Waals surface area contributed by atoms with E-state index in [9.17, 15) is 9.59 Å². The molecule has 2 amide bonds. The van der Waals surface area contributed by atoms with Gasteiger partial charge in [0.1, 0.15) is 5.54 Å². The Kier molecular flexibility index (Phi) is 3.95. The second-order valence-corrected chi connectivity index (χ2v) is 6.65. The average Bonchev–Trinajstić information content (AvgIpc) is 2.30. The van der Waals surface area contributed by atoms with Crippen LogP contribution in [0.4, 0.5) is 0 Å². The van der Waals surface area contributed by atoms with Crippen LogP contribution in [0.3, 0.4) is 0 Å². The van der Waals surface area contributed by atoms with E-state index in [0.717, 1.165) is 25.7 Å². The molecule has 0 radical (unpaired) electrons. The number of carbonyl (C=O) groups is 2. The number of piperidine rings is 1. The van der Waals surface area contributed by atoms with E-state index < -0.39 is 5.54 Å². The zero-order chi connectivity index (χ0) is 14.2. The molecule has 0 atom stereocenters. The second-order valence-electron chi connectivity index (χ2n) is 6.21. The molecule has 1 saturated carbocycles. The van der Waals surface area contributed by atoms with Crippen molar-refractivity contribution in [1.29, 1.82) is 0 Å². The highest BCUT2D eigenvalue weighted by atomic mass is 32.1. The zero-order valence-electron chi connectivity index (χ0n) is 11.6. The Morgan fingerprint density at radius 3 is 2.05 bits per heavy atom. The van der Waals surface area contributed by atoms with E-state index in [1.165, 1.54) is 4.90 Å². The highest BCUT2D eigenvalue weighted by molar-refractivity contribution is 7.80. The van der Waals surface area contributed by atoms with Crippen LogP contribution in [-0.4, -0.2) is 27.2 Å². The molecule has 2 fully saturated rings. The van der Waals surface area contributed by atoms with Crippen molar-refractivity contribution in [2.75, 3.05) is 0 Å². The van der Waals surface area contributed by atoms with Gasteiger partial charge in [0.2, 0.25) is 11.8 Å². The lowest BCUT2D eigenvalue weighted by Crippen LogP contribution is -2.64. The van der Waals surface area contributed by atoms with Crippen molar-refractivity contribution >= 4 is 29.0 Å². The van der Waals surface area contributed by atoms with Crippen LogP contribution in [0.2, 0.25) is 0 Å². The zero-order valence-corrected chi connectivity index (χ0v) is 12.5. The van der Waals surface area contributed by atoms with Crippen molar-refractivity contribution in [2.24, 2.45) is 17.6 Å². The average molecular weight is 282 g/mol. The van der Waals surface area contributed by atoms with Crippen LogP contribution < -0.4 is 5.73 Å². The Morgan fingerprint density at radius 1 is 1.16 bits per heavy atom. The summed E-state index contributed by atoms with van der Waals surface area (Å²) in [5, 5.41) is 0. The fraction of sp³-hybridized carbons (Fsp3) is 0.786. The van der Waals surface area contributed by atoms with Crippen LogP contribution >= 0.6 is 12.2 Å². The number of carbonyl (C=O) groups excluding carboxylic acids is 2. The molecule has 0 bridgehead atoms. The molecule has 4 nitrogen and oxygen atoms in total. The van der Waals surface area contributed by atoms with E-state index in [1.807, 2.05) is 6.92 Å². The van der Waals surface area contributed by atoms with Gasteiger partial charge in [0.15, 0.2) is 0 Å². The molecule has 0 spiro atoms. The maximum Gasteiger partial charge on any atom is 0.230 e. The number of likely N-dealkylation sites (tertiary alicyclic amines) is 1. The highest BCUT2D eigenvalue weighted by Gasteiger charge is 2.49. The van der Waals surface area contributed by atoms with Gasteiger partial charge in [-0.15, -0.1) is 0 Å². The molecule has 1 saturated heterocycles. The van der Waals surface area contributed by atoms with Gasteiger partial charge in [-0.05, 0) is 37.5 Å². The molecule has 106 valence electrons. The van der Waals surface area contributed by atoms with Crippen LogP contribution in [0.1, 0.15) is 52.4 Å². The number of nitrogens with two attached hydrogens (primary N) is 1. The molecule has 1 heterocycles. The van der Waals surface area contributed by atoms with Gasteiger partial charge < -0.3 is 5.73 Å². The van der Waals surface area contributed by atoms with Gasteiger partial charge in [0, 0.05) is 12.8 Å². The Balaban J connectivity index is 2.31. The molecule has 5 heteroatoms. The molecule has 0 unspecified atom stereocenters. The van der Waals surface area contributed by atoms with Gasteiger partial charge in [-0.1, -0.05) is 26.1 Å². The number of thiocarbonyl (C=S) groups is 1. The monoisotopic (exact) mass is 282 g/mol. The van der Waals surface area contributed by atoms with E-state index in [1.54, 1.807) is 0 Å². The van der Waals surface area contributed by atoms with Crippen molar-refractivity contribution in [3.8, 4) is 0 Å². The molecule has 0 aromatic carbocycles. The lowest BCUT2D eigenvalue weighted by molar-refractivity contribution is -0.156. The summed E-state index contributed by atoms with van der Waals surface area (Å²) in [5.74, 6) is 0.524. The molecular formula is C14H22N2O2S. The van der Waals surface area contributed by atoms with E-state index in [-0.39, 0.29) is 17.7 Å². The Hall–Kier alpha value is -0.970. The highest BCUT2D eigenvalue weighted by Crippen LogP contribution is 2.39. The van der Waals surface area contributed by atoms with Crippen LogP contribution in [0, 0.1) is 11.8 Å². The van der Waals surface area contributed by atoms with Crippen molar-refractivity contribution < 1.29 is 9.59 Å². The molecule has 1 aliphatic carbocycles. The Bertz CT molecular complexity index is 396. The van der Waals surface area contributed by atoms with E-state index in [4.69, 9.17) is 18.0 Å². The predicted octanol–water partition coefficient (Wildman–Crippen LogP) is 2.01. The third-order valence-corrected chi connectivity index (χ3v) is 4.91. The standard InChI is InChI=1S/C14H22N2O2S/c1-9-3-5-14(6-4-9,13(15)19)16-11(17)7-10(2)8-12(16)18/h9-10H,3-8H2,1-2H3,(H2,15,19). The number of hydrogen-bond donors (Lipinski definition) is 1. The van der Waals surface area contributed by atoms with Crippen LogP contribution in [-0.2, 0) is 9.59 Å². The fourth-order valence-electron chi connectivity index (χ4n) is 3.29. The quantitative estimate of drug-likeness (QED) is 0.621.